The first-order valence-corrected chi connectivity index (χ1v) is 14.4. The van der Waals surface area contributed by atoms with Gasteiger partial charge in [0.15, 0.2) is 0 Å². The Balaban J connectivity index is 3.60. The molecule has 0 aliphatic rings. The summed E-state index contributed by atoms with van der Waals surface area (Å²) in [6.45, 7) is 3.20. The van der Waals surface area contributed by atoms with Crippen LogP contribution in [0.15, 0.2) is 0 Å². The molecular weight excluding hydrogens is 443 g/mol. The van der Waals surface area contributed by atoms with E-state index >= 15 is 0 Å². The van der Waals surface area contributed by atoms with Crippen LogP contribution in [0.5, 0.6) is 0 Å². The second-order valence-electron chi connectivity index (χ2n) is 10.0. The van der Waals surface area contributed by atoms with E-state index < -0.39 is 14.1 Å². The summed E-state index contributed by atoms with van der Waals surface area (Å²) < 4.78 is 21.4. The molecule has 0 heterocycles. The van der Waals surface area contributed by atoms with E-state index in [1.54, 1.807) is 0 Å². The summed E-state index contributed by atoms with van der Waals surface area (Å²) in [6.07, 6.45) is 16.7. The molecule has 0 aliphatic heterocycles. The zero-order valence-electron chi connectivity index (χ0n) is 21.7. The molecule has 0 fully saturated rings. The van der Waals surface area contributed by atoms with E-state index in [1.165, 1.54) is 70.6 Å². The number of carbonyl (C=O) groups is 1. The van der Waals surface area contributed by atoms with Crippen LogP contribution in [0.1, 0.15) is 103 Å². The molecule has 0 rings (SSSR count). The number of amides is 1. The number of quaternary nitrogens is 1. The van der Waals surface area contributed by atoms with Gasteiger partial charge in [-0.3, -0.25) is 13.9 Å². The van der Waals surface area contributed by atoms with Crippen LogP contribution < -0.4 is 10.2 Å². The first-order valence-electron chi connectivity index (χ1n) is 12.9. The topological polar surface area (TPSA) is 108 Å². The van der Waals surface area contributed by atoms with Gasteiger partial charge < -0.3 is 24.3 Å². The molecule has 0 aromatic heterocycles. The summed E-state index contributed by atoms with van der Waals surface area (Å²) in [6, 6.07) is 0. The lowest BCUT2D eigenvalue weighted by molar-refractivity contribution is -0.876. The Kier molecular flexibility index (Phi) is 19.5. The van der Waals surface area contributed by atoms with Crippen LogP contribution in [-0.4, -0.2) is 62.4 Å². The second kappa shape index (κ2) is 19.8. The van der Waals surface area contributed by atoms with Crippen molar-refractivity contribution in [2.24, 2.45) is 0 Å². The van der Waals surface area contributed by atoms with Crippen LogP contribution in [0.25, 0.3) is 0 Å². The van der Waals surface area contributed by atoms with Crippen LogP contribution >= 0.6 is 7.82 Å². The minimum atomic E-state index is -4.87. The first-order chi connectivity index (χ1) is 15.5. The maximum atomic E-state index is 11.9. The van der Waals surface area contributed by atoms with Crippen molar-refractivity contribution in [1.29, 1.82) is 0 Å². The van der Waals surface area contributed by atoms with Gasteiger partial charge in [0, 0.05) is 13.0 Å². The first kappa shape index (κ1) is 32.5. The highest BCUT2D eigenvalue weighted by molar-refractivity contribution is 7.44. The fourth-order valence-corrected chi connectivity index (χ4v) is 4.04. The molecule has 198 valence electrons. The van der Waals surface area contributed by atoms with Gasteiger partial charge in [0.2, 0.25) is 12.2 Å². The summed E-state index contributed by atoms with van der Waals surface area (Å²) in [5.74, 6) is 0.0386. The molecule has 2 atom stereocenters. The number of phosphoric ester groups is 1. The largest absolute Gasteiger partial charge is 0.756 e. The van der Waals surface area contributed by atoms with E-state index in [2.05, 4.69) is 16.8 Å². The van der Waals surface area contributed by atoms with Crippen molar-refractivity contribution in [3.63, 3.8) is 0 Å². The Morgan fingerprint density at radius 2 is 1.39 bits per heavy atom. The van der Waals surface area contributed by atoms with Crippen molar-refractivity contribution in [2.45, 2.75) is 110 Å². The third-order valence-corrected chi connectivity index (χ3v) is 5.90. The minimum Gasteiger partial charge on any atom is -0.756 e. The molecule has 0 radical (unpaired) electrons. The second-order valence-corrected chi connectivity index (χ2v) is 11.2. The molecule has 0 saturated carbocycles. The minimum absolute atomic E-state index is 0.0386. The molecule has 33 heavy (non-hydrogen) atoms. The summed E-state index contributed by atoms with van der Waals surface area (Å²) in [7, 11) is 0.726. The van der Waals surface area contributed by atoms with Gasteiger partial charge >= 0.3 is 0 Å². The number of hydrogen-bond acceptors (Lipinski definition) is 5. The van der Waals surface area contributed by atoms with Crippen LogP contribution in [0.2, 0.25) is 0 Å². The Morgan fingerprint density at radius 3 is 1.85 bits per heavy atom. The standard InChI is InChI=1S/C24H51N2O6P/c1-5-6-7-8-9-10-11-12-13-14-15-16-17-19-23(27)25-20-18-21-31-24(22-26(2,3)4)32-33(28,29)30/h24H,5-22H2,1-4H3,(H2-,25,27,28,29,30). The van der Waals surface area contributed by atoms with Crippen molar-refractivity contribution < 1.29 is 32.9 Å². The average Bonchev–Trinajstić information content (AvgIpc) is 2.68. The third kappa shape index (κ3) is 26.0. The maximum Gasteiger partial charge on any atom is 0.267 e. The van der Waals surface area contributed by atoms with Crippen molar-refractivity contribution in [3.05, 3.63) is 0 Å². The Bertz CT molecular complexity index is 522. The normalized spacial score (nSPS) is 14.7. The lowest BCUT2D eigenvalue weighted by Crippen LogP contribution is -2.43. The Hall–Kier alpha value is -0.500. The van der Waals surface area contributed by atoms with Gasteiger partial charge in [0.1, 0.15) is 6.54 Å². The zero-order valence-corrected chi connectivity index (χ0v) is 22.6. The highest BCUT2D eigenvalue weighted by Gasteiger charge is 2.23. The number of phosphoric acid groups is 1. The molecule has 9 heteroatoms. The molecule has 0 bridgehead atoms. The van der Waals surface area contributed by atoms with Crippen molar-refractivity contribution in [1.82, 2.24) is 5.32 Å². The number of carbonyl (C=O) groups excluding carboxylic acids is 1. The van der Waals surface area contributed by atoms with E-state index in [0.717, 1.165) is 12.8 Å². The number of unbranched alkanes of at least 4 members (excludes halogenated alkanes) is 12. The zero-order chi connectivity index (χ0) is 25.0. The third-order valence-electron chi connectivity index (χ3n) is 5.40. The number of hydrogen-bond donors (Lipinski definition) is 2. The monoisotopic (exact) mass is 494 g/mol. The fraction of sp³-hybridized carbons (Fsp3) is 0.958. The van der Waals surface area contributed by atoms with Crippen LogP contribution in [0, 0.1) is 0 Å². The predicted molar refractivity (Wildman–Crippen MR) is 131 cm³/mol. The van der Waals surface area contributed by atoms with Gasteiger partial charge in [0.05, 0.1) is 27.7 Å². The highest BCUT2D eigenvalue weighted by Crippen LogP contribution is 2.33. The quantitative estimate of drug-likeness (QED) is 0.0937. The molecule has 1 amide bonds. The number of nitrogens with one attached hydrogen (secondary N) is 1. The molecule has 2 unspecified atom stereocenters. The lowest BCUT2D eigenvalue weighted by atomic mass is 10.0. The summed E-state index contributed by atoms with van der Waals surface area (Å²) in [4.78, 5) is 31.8. The Labute approximate surface area is 202 Å². The number of rotatable bonds is 23. The number of ether oxygens (including phenoxy) is 1. The molecule has 0 aliphatic carbocycles. The SMILES string of the molecule is CCCCCCCCCCCCCCCC(=O)NCCCOC(C[N+](C)(C)C)OP(=O)([O-])O. The molecule has 8 nitrogen and oxygen atoms in total. The number of nitrogens with zero attached hydrogens (tertiary/aromatic N) is 1. The number of likely N-dealkylation sites (N-methyl/N-ethyl adjacent to an activating group) is 1. The molecule has 0 spiro atoms. The predicted octanol–water partition coefficient (Wildman–Crippen LogP) is 4.50. The summed E-state index contributed by atoms with van der Waals surface area (Å²) in [5.41, 5.74) is 0. The average molecular weight is 495 g/mol. The maximum absolute atomic E-state index is 11.9. The Morgan fingerprint density at radius 1 is 0.909 bits per heavy atom. The molecule has 0 saturated heterocycles. The molecule has 0 aromatic rings. The van der Waals surface area contributed by atoms with Gasteiger partial charge in [-0.15, -0.1) is 0 Å². The highest BCUT2D eigenvalue weighted by atomic mass is 31.2. The van der Waals surface area contributed by atoms with E-state index in [-0.39, 0.29) is 19.1 Å². The van der Waals surface area contributed by atoms with E-state index in [1.807, 2.05) is 21.1 Å². The van der Waals surface area contributed by atoms with Crippen LogP contribution in [0.3, 0.4) is 0 Å². The smallest absolute Gasteiger partial charge is 0.267 e. The van der Waals surface area contributed by atoms with E-state index in [0.29, 0.717) is 23.9 Å². The molecule has 2 N–H and O–H groups in total. The lowest BCUT2D eigenvalue weighted by Gasteiger charge is -2.31. The molecule has 0 aromatic carbocycles. The fourth-order valence-electron chi connectivity index (χ4n) is 3.62. The van der Waals surface area contributed by atoms with Gasteiger partial charge in [-0.1, -0.05) is 84.0 Å². The van der Waals surface area contributed by atoms with Crippen molar-refractivity contribution >= 4 is 13.7 Å². The van der Waals surface area contributed by atoms with Gasteiger partial charge in [-0.05, 0) is 12.8 Å². The van der Waals surface area contributed by atoms with Crippen molar-refractivity contribution in [3.8, 4) is 0 Å². The van der Waals surface area contributed by atoms with Gasteiger partial charge in [0.25, 0.3) is 7.82 Å². The summed E-state index contributed by atoms with van der Waals surface area (Å²) in [5, 5.41) is 2.87. The van der Waals surface area contributed by atoms with Crippen LogP contribution in [-0.2, 0) is 18.6 Å². The summed E-state index contributed by atoms with van der Waals surface area (Å²) >= 11 is 0. The van der Waals surface area contributed by atoms with Gasteiger partial charge in [-0.25, -0.2) is 0 Å². The van der Waals surface area contributed by atoms with Gasteiger partial charge in [-0.2, -0.15) is 0 Å². The van der Waals surface area contributed by atoms with Crippen molar-refractivity contribution in [2.75, 3.05) is 40.8 Å². The van der Waals surface area contributed by atoms with Crippen LogP contribution in [0.4, 0.5) is 0 Å². The van der Waals surface area contributed by atoms with E-state index in [4.69, 9.17) is 9.63 Å². The molecular formula is C24H51N2O6P. The van der Waals surface area contributed by atoms with E-state index in [9.17, 15) is 14.3 Å².